The van der Waals surface area contributed by atoms with Gasteiger partial charge in [-0.05, 0) is 55.0 Å². The quantitative estimate of drug-likeness (QED) is 0.728. The molecular formula is C23H29FN2O2S. The van der Waals surface area contributed by atoms with Gasteiger partial charge in [0, 0.05) is 22.9 Å². The molecule has 1 atom stereocenters. The molecule has 0 saturated heterocycles. The molecule has 1 unspecified atom stereocenters. The van der Waals surface area contributed by atoms with E-state index in [2.05, 4.69) is 0 Å². The maximum Gasteiger partial charge on any atom is 0.243 e. The van der Waals surface area contributed by atoms with E-state index < -0.39 is 5.41 Å². The van der Waals surface area contributed by atoms with E-state index in [4.69, 9.17) is 0 Å². The second-order valence-electron chi connectivity index (χ2n) is 8.87. The molecule has 1 aliphatic heterocycles. The molecule has 29 heavy (non-hydrogen) atoms. The molecule has 2 heterocycles. The maximum atomic E-state index is 13.5. The van der Waals surface area contributed by atoms with Gasteiger partial charge in [0.05, 0.1) is 6.04 Å². The lowest BCUT2D eigenvalue weighted by atomic mass is 9.92. The van der Waals surface area contributed by atoms with E-state index in [1.54, 1.807) is 28.4 Å². The minimum Gasteiger partial charge on any atom is -0.331 e. The Hall–Kier alpha value is -2.21. The second kappa shape index (κ2) is 8.27. The summed E-state index contributed by atoms with van der Waals surface area (Å²) in [6.07, 6.45) is 0.797. The van der Waals surface area contributed by atoms with Gasteiger partial charge in [0.15, 0.2) is 0 Å². The molecule has 0 N–H and O–H groups in total. The van der Waals surface area contributed by atoms with Crippen molar-refractivity contribution < 1.29 is 14.0 Å². The topological polar surface area (TPSA) is 40.6 Å². The first-order chi connectivity index (χ1) is 13.6. The van der Waals surface area contributed by atoms with Crippen LogP contribution in [0, 0.1) is 11.2 Å². The molecule has 0 aliphatic carbocycles. The number of hydrogen-bond acceptors (Lipinski definition) is 3. The van der Waals surface area contributed by atoms with Crippen LogP contribution in [0.1, 0.15) is 56.7 Å². The normalized spacial score (nSPS) is 16.7. The van der Waals surface area contributed by atoms with Crippen molar-refractivity contribution in [2.45, 2.75) is 53.1 Å². The number of halogens is 1. The van der Waals surface area contributed by atoms with Gasteiger partial charge >= 0.3 is 0 Å². The Morgan fingerprint density at radius 2 is 1.86 bits per heavy atom. The fraction of sp³-hybridized carbons (Fsp3) is 0.478. The summed E-state index contributed by atoms with van der Waals surface area (Å²) in [5.41, 5.74) is 1.43. The fourth-order valence-electron chi connectivity index (χ4n) is 3.75. The van der Waals surface area contributed by atoms with E-state index in [0.717, 1.165) is 17.5 Å². The predicted octanol–water partition coefficient (Wildman–Crippen LogP) is 4.64. The predicted molar refractivity (Wildman–Crippen MR) is 114 cm³/mol. The van der Waals surface area contributed by atoms with Crippen LogP contribution in [-0.4, -0.2) is 40.7 Å². The highest BCUT2D eigenvalue weighted by Gasteiger charge is 2.36. The van der Waals surface area contributed by atoms with Crippen LogP contribution in [0.25, 0.3) is 0 Å². The highest BCUT2D eigenvalue weighted by Crippen LogP contribution is 2.38. The molecule has 1 aromatic heterocycles. The van der Waals surface area contributed by atoms with Crippen molar-refractivity contribution in [3.05, 3.63) is 57.5 Å². The van der Waals surface area contributed by atoms with Crippen LogP contribution >= 0.6 is 11.3 Å². The van der Waals surface area contributed by atoms with Crippen molar-refractivity contribution in [1.82, 2.24) is 9.80 Å². The summed E-state index contributed by atoms with van der Waals surface area (Å²) in [5.74, 6) is -0.412. The third-order valence-electron chi connectivity index (χ3n) is 5.30. The van der Waals surface area contributed by atoms with Crippen molar-refractivity contribution in [1.29, 1.82) is 0 Å². The number of carbonyl (C=O) groups excluding carboxylic acids is 2. The van der Waals surface area contributed by atoms with Gasteiger partial charge < -0.3 is 9.80 Å². The summed E-state index contributed by atoms with van der Waals surface area (Å²) < 4.78 is 13.5. The molecule has 0 spiro atoms. The number of amides is 2. The lowest BCUT2D eigenvalue weighted by molar-refractivity contribution is -0.148. The van der Waals surface area contributed by atoms with Gasteiger partial charge in [0.25, 0.3) is 0 Å². The Bertz CT molecular complexity index is 883. The second-order valence-corrected chi connectivity index (χ2v) is 9.87. The number of nitrogens with zero attached hydrogens (tertiary/aromatic N) is 2. The van der Waals surface area contributed by atoms with Crippen molar-refractivity contribution in [3.8, 4) is 0 Å². The van der Waals surface area contributed by atoms with Crippen molar-refractivity contribution in [2.75, 3.05) is 13.1 Å². The Morgan fingerprint density at radius 3 is 2.45 bits per heavy atom. The van der Waals surface area contributed by atoms with Gasteiger partial charge in [0.2, 0.25) is 11.8 Å². The summed E-state index contributed by atoms with van der Waals surface area (Å²) in [7, 11) is 0. The van der Waals surface area contributed by atoms with E-state index in [1.807, 2.05) is 51.0 Å². The molecule has 1 aromatic carbocycles. The number of benzene rings is 1. The summed E-state index contributed by atoms with van der Waals surface area (Å²) in [4.78, 5) is 31.0. The summed E-state index contributed by atoms with van der Waals surface area (Å²) in [5, 5.41) is 2.04. The van der Waals surface area contributed by atoms with Gasteiger partial charge in [-0.1, -0.05) is 32.9 Å². The molecule has 4 nitrogen and oxygen atoms in total. The monoisotopic (exact) mass is 416 g/mol. The smallest absolute Gasteiger partial charge is 0.243 e. The molecule has 2 amide bonds. The van der Waals surface area contributed by atoms with E-state index in [0.29, 0.717) is 6.54 Å². The van der Waals surface area contributed by atoms with E-state index in [1.165, 1.54) is 17.0 Å². The highest BCUT2D eigenvalue weighted by molar-refractivity contribution is 7.10. The minimum atomic E-state index is -0.552. The van der Waals surface area contributed by atoms with Gasteiger partial charge in [-0.15, -0.1) is 11.3 Å². The van der Waals surface area contributed by atoms with Crippen LogP contribution in [0.2, 0.25) is 0 Å². The molecule has 2 aromatic rings. The zero-order valence-electron chi connectivity index (χ0n) is 17.7. The summed E-state index contributed by atoms with van der Waals surface area (Å²) >= 11 is 1.69. The van der Waals surface area contributed by atoms with Crippen molar-refractivity contribution in [2.24, 2.45) is 5.41 Å². The first kappa shape index (κ1) is 21.5. The van der Waals surface area contributed by atoms with Gasteiger partial charge in [0.1, 0.15) is 12.4 Å². The summed E-state index contributed by atoms with van der Waals surface area (Å²) in [6.45, 7) is 10.1. The Balaban J connectivity index is 1.92. The van der Waals surface area contributed by atoms with Crippen LogP contribution in [0.4, 0.5) is 4.39 Å². The summed E-state index contributed by atoms with van der Waals surface area (Å²) in [6, 6.07) is 8.08. The highest BCUT2D eigenvalue weighted by atomic mass is 32.1. The zero-order valence-corrected chi connectivity index (χ0v) is 18.6. The van der Waals surface area contributed by atoms with Crippen LogP contribution < -0.4 is 0 Å². The lowest BCUT2D eigenvalue weighted by Gasteiger charge is -2.39. The third-order valence-corrected chi connectivity index (χ3v) is 6.30. The molecule has 0 bridgehead atoms. The van der Waals surface area contributed by atoms with Crippen molar-refractivity contribution in [3.63, 3.8) is 0 Å². The van der Waals surface area contributed by atoms with Crippen LogP contribution in [0.15, 0.2) is 35.7 Å². The first-order valence-electron chi connectivity index (χ1n) is 10.0. The molecule has 156 valence electrons. The van der Waals surface area contributed by atoms with Gasteiger partial charge in [-0.2, -0.15) is 0 Å². The SMILES string of the molecule is CC(C)N(CC(=O)N1CCc2sccc2C1c1ccc(F)cc1)C(=O)C(C)(C)C. The van der Waals surface area contributed by atoms with E-state index in [9.17, 15) is 14.0 Å². The Kier molecular flexibility index (Phi) is 6.13. The average molecular weight is 417 g/mol. The number of thiophene rings is 1. The van der Waals surface area contributed by atoms with E-state index in [-0.39, 0.29) is 36.3 Å². The van der Waals surface area contributed by atoms with Crippen molar-refractivity contribution >= 4 is 23.2 Å². The number of hydrogen-bond donors (Lipinski definition) is 0. The van der Waals surface area contributed by atoms with Crippen LogP contribution in [-0.2, 0) is 16.0 Å². The van der Waals surface area contributed by atoms with Crippen LogP contribution in [0.5, 0.6) is 0 Å². The zero-order chi connectivity index (χ0) is 21.3. The number of fused-ring (bicyclic) bond motifs is 1. The number of carbonyl (C=O) groups is 2. The molecule has 0 fully saturated rings. The lowest BCUT2D eigenvalue weighted by Crippen LogP contribution is -2.51. The van der Waals surface area contributed by atoms with Gasteiger partial charge in [-0.3, -0.25) is 9.59 Å². The molecule has 0 saturated carbocycles. The standard InChI is InChI=1S/C23H29FN2O2S/c1-15(2)26(22(28)23(3,4)5)14-20(27)25-12-10-19-18(11-13-29-19)21(25)16-6-8-17(24)9-7-16/h6-9,11,13,15,21H,10,12,14H2,1-5H3. The first-order valence-corrected chi connectivity index (χ1v) is 10.9. The maximum absolute atomic E-state index is 13.5. The fourth-order valence-corrected chi connectivity index (χ4v) is 4.65. The Morgan fingerprint density at radius 1 is 1.21 bits per heavy atom. The van der Waals surface area contributed by atoms with E-state index >= 15 is 0 Å². The minimum absolute atomic E-state index is 0.0348. The molecule has 6 heteroatoms. The molecule has 0 radical (unpaired) electrons. The molecule has 3 rings (SSSR count). The average Bonchev–Trinajstić information content (AvgIpc) is 3.13. The van der Waals surface area contributed by atoms with Crippen LogP contribution in [0.3, 0.4) is 0 Å². The molecule has 1 aliphatic rings. The molecular weight excluding hydrogens is 387 g/mol. The number of rotatable bonds is 4. The third kappa shape index (κ3) is 4.53. The largest absolute Gasteiger partial charge is 0.331 e. The van der Waals surface area contributed by atoms with Gasteiger partial charge in [-0.25, -0.2) is 4.39 Å². The Labute approximate surface area is 176 Å².